The van der Waals surface area contributed by atoms with Gasteiger partial charge < -0.3 is 19.7 Å². The molecular weight excluding hydrogens is 274 g/mol. The molecular formula is C14H19N3O4. The molecule has 1 saturated carbocycles. The molecule has 2 unspecified atom stereocenters. The summed E-state index contributed by atoms with van der Waals surface area (Å²) in [5, 5.41) is 11.9. The SMILES string of the molecule is O=C(NC1CCCC1n1ccnc1)[C@@H]1CC[C@H](C(=O)O)O1. The van der Waals surface area contributed by atoms with E-state index in [-0.39, 0.29) is 18.0 Å². The third-order valence-electron chi connectivity index (χ3n) is 4.30. The predicted molar refractivity (Wildman–Crippen MR) is 72.6 cm³/mol. The number of hydrogen-bond acceptors (Lipinski definition) is 4. The fourth-order valence-corrected chi connectivity index (χ4v) is 3.22. The molecule has 1 aromatic heterocycles. The zero-order chi connectivity index (χ0) is 14.8. The van der Waals surface area contributed by atoms with Crippen LogP contribution >= 0.6 is 0 Å². The molecule has 4 atom stereocenters. The average molecular weight is 293 g/mol. The monoisotopic (exact) mass is 293 g/mol. The van der Waals surface area contributed by atoms with Crippen LogP contribution in [0, 0.1) is 0 Å². The van der Waals surface area contributed by atoms with Gasteiger partial charge in [-0.05, 0) is 32.1 Å². The predicted octanol–water partition coefficient (Wildman–Crippen LogP) is 0.725. The van der Waals surface area contributed by atoms with E-state index in [0.29, 0.717) is 12.8 Å². The van der Waals surface area contributed by atoms with Crippen LogP contribution in [0.2, 0.25) is 0 Å². The number of ether oxygens (including phenoxy) is 1. The molecule has 1 amide bonds. The summed E-state index contributed by atoms with van der Waals surface area (Å²) < 4.78 is 7.31. The molecule has 2 fully saturated rings. The number of carbonyl (C=O) groups excluding carboxylic acids is 1. The third kappa shape index (κ3) is 2.92. The second kappa shape index (κ2) is 5.85. The summed E-state index contributed by atoms with van der Waals surface area (Å²) in [6.07, 6.45) is 7.74. The molecule has 2 heterocycles. The summed E-state index contributed by atoms with van der Waals surface area (Å²) in [5.74, 6) is -1.20. The summed E-state index contributed by atoms with van der Waals surface area (Å²) in [6.45, 7) is 0. The highest BCUT2D eigenvalue weighted by molar-refractivity contribution is 5.82. The first kappa shape index (κ1) is 14.1. The number of aromatic nitrogens is 2. The smallest absolute Gasteiger partial charge is 0.332 e. The zero-order valence-electron chi connectivity index (χ0n) is 11.6. The minimum absolute atomic E-state index is 0.0548. The number of nitrogens with one attached hydrogen (secondary N) is 1. The van der Waals surface area contributed by atoms with Gasteiger partial charge in [0.15, 0.2) is 6.10 Å². The van der Waals surface area contributed by atoms with Crippen molar-refractivity contribution in [2.45, 2.75) is 56.4 Å². The lowest BCUT2D eigenvalue weighted by Gasteiger charge is -2.23. The van der Waals surface area contributed by atoms with E-state index in [4.69, 9.17) is 9.84 Å². The standard InChI is InChI=1S/C14H19N3O4/c18-13(11-4-5-12(21-11)14(19)20)16-9-2-1-3-10(9)17-7-6-15-8-17/h6-12H,1-5H2,(H,16,18)(H,19,20)/t9?,10?,11-,12+/m0/s1. The number of amides is 1. The van der Waals surface area contributed by atoms with Gasteiger partial charge in [0.25, 0.3) is 0 Å². The van der Waals surface area contributed by atoms with E-state index < -0.39 is 18.2 Å². The van der Waals surface area contributed by atoms with E-state index in [9.17, 15) is 9.59 Å². The Labute approximate surface area is 122 Å². The van der Waals surface area contributed by atoms with Crippen molar-refractivity contribution in [3.8, 4) is 0 Å². The van der Waals surface area contributed by atoms with Gasteiger partial charge in [-0.3, -0.25) is 4.79 Å². The molecule has 7 heteroatoms. The second-order valence-electron chi connectivity index (χ2n) is 5.65. The first-order valence-electron chi connectivity index (χ1n) is 7.31. The van der Waals surface area contributed by atoms with E-state index in [2.05, 4.69) is 10.3 Å². The fraction of sp³-hybridized carbons (Fsp3) is 0.643. The van der Waals surface area contributed by atoms with Crippen molar-refractivity contribution in [2.75, 3.05) is 0 Å². The molecule has 1 aromatic rings. The number of carboxylic acids is 1. The molecule has 1 saturated heterocycles. The van der Waals surface area contributed by atoms with Crippen molar-refractivity contribution in [1.29, 1.82) is 0 Å². The van der Waals surface area contributed by atoms with Crippen molar-refractivity contribution < 1.29 is 19.4 Å². The van der Waals surface area contributed by atoms with Gasteiger partial charge >= 0.3 is 5.97 Å². The number of imidazole rings is 1. The topological polar surface area (TPSA) is 93.5 Å². The number of carbonyl (C=O) groups is 2. The van der Waals surface area contributed by atoms with E-state index in [1.807, 2.05) is 10.8 Å². The van der Waals surface area contributed by atoms with E-state index in [0.717, 1.165) is 19.3 Å². The molecule has 1 aliphatic carbocycles. The minimum atomic E-state index is -0.998. The van der Waals surface area contributed by atoms with Crippen LogP contribution in [0.5, 0.6) is 0 Å². The van der Waals surface area contributed by atoms with Crippen LogP contribution in [0.15, 0.2) is 18.7 Å². The van der Waals surface area contributed by atoms with E-state index in [1.165, 1.54) is 0 Å². The maximum Gasteiger partial charge on any atom is 0.332 e. The van der Waals surface area contributed by atoms with Crippen molar-refractivity contribution in [1.82, 2.24) is 14.9 Å². The van der Waals surface area contributed by atoms with Gasteiger partial charge in [-0.1, -0.05) is 0 Å². The van der Waals surface area contributed by atoms with Crippen molar-refractivity contribution in [3.63, 3.8) is 0 Å². The van der Waals surface area contributed by atoms with E-state index in [1.54, 1.807) is 12.5 Å². The first-order chi connectivity index (χ1) is 10.1. The number of carboxylic acid groups (broad SMARTS) is 1. The number of nitrogens with zero attached hydrogens (tertiary/aromatic N) is 2. The first-order valence-corrected chi connectivity index (χ1v) is 7.31. The molecule has 0 spiro atoms. The molecule has 3 rings (SSSR count). The normalized spacial score (nSPS) is 32.2. The fourth-order valence-electron chi connectivity index (χ4n) is 3.22. The van der Waals surface area contributed by atoms with Crippen LogP contribution in [0.25, 0.3) is 0 Å². The van der Waals surface area contributed by atoms with Crippen LogP contribution in [-0.2, 0) is 14.3 Å². The van der Waals surface area contributed by atoms with Gasteiger partial charge in [0.2, 0.25) is 5.91 Å². The molecule has 21 heavy (non-hydrogen) atoms. The lowest BCUT2D eigenvalue weighted by atomic mass is 10.1. The van der Waals surface area contributed by atoms with Crippen molar-refractivity contribution in [2.24, 2.45) is 0 Å². The number of aliphatic carboxylic acids is 1. The Morgan fingerprint density at radius 3 is 2.71 bits per heavy atom. The minimum Gasteiger partial charge on any atom is -0.479 e. The van der Waals surface area contributed by atoms with Crippen LogP contribution in [0.3, 0.4) is 0 Å². The summed E-state index contributed by atoms with van der Waals surface area (Å²) in [6, 6.07) is 0.271. The molecule has 0 radical (unpaired) electrons. The van der Waals surface area contributed by atoms with Gasteiger partial charge in [-0.2, -0.15) is 0 Å². The maximum absolute atomic E-state index is 12.2. The van der Waals surface area contributed by atoms with Gasteiger partial charge in [-0.25, -0.2) is 9.78 Å². The van der Waals surface area contributed by atoms with Crippen LogP contribution in [0.1, 0.15) is 38.1 Å². The quantitative estimate of drug-likeness (QED) is 0.853. The molecule has 2 N–H and O–H groups in total. The molecule has 0 aromatic carbocycles. The Balaban J connectivity index is 1.59. The largest absolute Gasteiger partial charge is 0.479 e. The number of hydrogen-bond donors (Lipinski definition) is 2. The maximum atomic E-state index is 12.2. The lowest BCUT2D eigenvalue weighted by Crippen LogP contribution is -2.43. The van der Waals surface area contributed by atoms with Crippen LogP contribution < -0.4 is 5.32 Å². The van der Waals surface area contributed by atoms with Gasteiger partial charge in [0.05, 0.1) is 12.4 Å². The summed E-state index contributed by atoms with van der Waals surface area (Å²) in [4.78, 5) is 27.1. The van der Waals surface area contributed by atoms with Gasteiger partial charge in [-0.15, -0.1) is 0 Å². The highest BCUT2D eigenvalue weighted by Gasteiger charge is 2.37. The average Bonchev–Trinajstić information content (AvgIpc) is 3.19. The molecule has 114 valence electrons. The van der Waals surface area contributed by atoms with Crippen LogP contribution in [-0.4, -0.2) is 44.8 Å². The summed E-state index contributed by atoms with van der Waals surface area (Å²) in [5.41, 5.74) is 0. The summed E-state index contributed by atoms with van der Waals surface area (Å²) >= 11 is 0. The second-order valence-corrected chi connectivity index (χ2v) is 5.65. The Bertz CT molecular complexity index is 516. The molecule has 7 nitrogen and oxygen atoms in total. The zero-order valence-corrected chi connectivity index (χ0v) is 11.6. The highest BCUT2D eigenvalue weighted by Crippen LogP contribution is 2.30. The number of rotatable bonds is 4. The van der Waals surface area contributed by atoms with Crippen LogP contribution in [0.4, 0.5) is 0 Å². The van der Waals surface area contributed by atoms with E-state index >= 15 is 0 Å². The Kier molecular flexibility index (Phi) is 3.92. The third-order valence-corrected chi connectivity index (χ3v) is 4.30. The lowest BCUT2D eigenvalue weighted by molar-refractivity contribution is -0.152. The van der Waals surface area contributed by atoms with Crippen molar-refractivity contribution >= 4 is 11.9 Å². The Morgan fingerprint density at radius 1 is 1.24 bits per heavy atom. The Morgan fingerprint density at radius 2 is 2.05 bits per heavy atom. The Hall–Kier alpha value is -1.89. The van der Waals surface area contributed by atoms with Gasteiger partial charge in [0, 0.05) is 18.4 Å². The highest BCUT2D eigenvalue weighted by atomic mass is 16.5. The van der Waals surface area contributed by atoms with Gasteiger partial charge in [0.1, 0.15) is 6.10 Å². The summed E-state index contributed by atoms with van der Waals surface area (Å²) in [7, 11) is 0. The molecule has 0 bridgehead atoms. The molecule has 1 aliphatic heterocycles. The molecule has 2 aliphatic rings. The van der Waals surface area contributed by atoms with Crippen molar-refractivity contribution in [3.05, 3.63) is 18.7 Å².